The first-order chi connectivity index (χ1) is 8.02. The largest absolute Gasteiger partial charge is 0.410 e. The average Bonchev–Trinajstić information content (AvgIpc) is 2.39. The number of terminal acetylenes is 1. The molecular formula is C14H23BrO2Si. The van der Waals surface area contributed by atoms with Crippen molar-refractivity contribution in [1.29, 1.82) is 0 Å². The summed E-state index contributed by atoms with van der Waals surface area (Å²) in [4.78, 5) is 0. The standard InChI is InChI=1S/C14H23BrO2Si/c1-7-8-14(16)10-11(9-12(14)15)17-18(5,6)13(2,3)4/h1,9,11,16H,8,10H2,2-6H3. The van der Waals surface area contributed by atoms with Crippen LogP contribution in [0.5, 0.6) is 0 Å². The van der Waals surface area contributed by atoms with E-state index in [4.69, 9.17) is 10.8 Å². The van der Waals surface area contributed by atoms with Crippen LogP contribution in [0.1, 0.15) is 33.6 Å². The highest BCUT2D eigenvalue weighted by Gasteiger charge is 2.44. The van der Waals surface area contributed by atoms with Crippen molar-refractivity contribution in [2.24, 2.45) is 0 Å². The van der Waals surface area contributed by atoms with Crippen LogP contribution in [0.25, 0.3) is 0 Å². The number of rotatable bonds is 3. The monoisotopic (exact) mass is 330 g/mol. The van der Waals surface area contributed by atoms with E-state index in [2.05, 4.69) is 55.7 Å². The van der Waals surface area contributed by atoms with Gasteiger partial charge in [0.2, 0.25) is 0 Å². The minimum absolute atomic E-state index is 0.0429. The molecule has 0 aromatic carbocycles. The van der Waals surface area contributed by atoms with Gasteiger partial charge < -0.3 is 9.53 Å². The molecule has 0 amide bonds. The zero-order chi connectivity index (χ0) is 14.2. The number of aliphatic hydroxyl groups is 1. The van der Waals surface area contributed by atoms with E-state index < -0.39 is 13.9 Å². The third-order valence-electron chi connectivity index (χ3n) is 3.96. The van der Waals surface area contributed by atoms with Crippen LogP contribution in [-0.4, -0.2) is 25.1 Å². The minimum Gasteiger partial charge on any atom is -0.410 e. The Hall–Kier alpha value is -0.0831. The van der Waals surface area contributed by atoms with Gasteiger partial charge in [-0.25, -0.2) is 0 Å². The molecule has 0 saturated heterocycles. The Morgan fingerprint density at radius 1 is 1.61 bits per heavy atom. The van der Waals surface area contributed by atoms with Gasteiger partial charge in [0.05, 0.1) is 6.10 Å². The molecule has 2 nitrogen and oxygen atoms in total. The smallest absolute Gasteiger partial charge is 0.192 e. The summed E-state index contributed by atoms with van der Waals surface area (Å²) in [5.41, 5.74) is -0.943. The predicted molar refractivity (Wildman–Crippen MR) is 82.1 cm³/mol. The molecule has 0 aliphatic heterocycles. The van der Waals surface area contributed by atoms with E-state index in [1.54, 1.807) is 0 Å². The zero-order valence-electron chi connectivity index (χ0n) is 11.9. The van der Waals surface area contributed by atoms with Crippen molar-refractivity contribution in [1.82, 2.24) is 0 Å². The Balaban J connectivity index is 2.78. The summed E-state index contributed by atoms with van der Waals surface area (Å²) >= 11 is 3.41. The van der Waals surface area contributed by atoms with E-state index in [1.165, 1.54) is 0 Å². The van der Waals surface area contributed by atoms with Gasteiger partial charge in [0.1, 0.15) is 5.60 Å². The van der Waals surface area contributed by atoms with Crippen LogP contribution in [0, 0.1) is 12.3 Å². The number of hydrogen-bond acceptors (Lipinski definition) is 2. The van der Waals surface area contributed by atoms with Gasteiger partial charge in [-0.2, -0.15) is 0 Å². The average molecular weight is 331 g/mol. The maximum absolute atomic E-state index is 10.4. The van der Waals surface area contributed by atoms with Crippen LogP contribution >= 0.6 is 15.9 Å². The lowest BCUT2D eigenvalue weighted by molar-refractivity contribution is 0.0631. The Bertz CT molecular complexity index is 390. The SMILES string of the molecule is C#CCC1(O)CC(O[Si](C)(C)C(C)(C)C)C=C1Br. The van der Waals surface area contributed by atoms with Crippen molar-refractivity contribution in [3.63, 3.8) is 0 Å². The van der Waals surface area contributed by atoms with Crippen LogP contribution in [0.2, 0.25) is 18.1 Å². The molecule has 1 N–H and O–H groups in total. The van der Waals surface area contributed by atoms with E-state index in [1.807, 2.05) is 6.08 Å². The lowest BCUT2D eigenvalue weighted by Crippen LogP contribution is -2.44. The molecule has 2 atom stereocenters. The van der Waals surface area contributed by atoms with Crippen LogP contribution < -0.4 is 0 Å². The molecule has 0 heterocycles. The first-order valence-corrected chi connectivity index (χ1v) is 9.93. The predicted octanol–water partition coefficient (Wildman–Crippen LogP) is 3.81. The van der Waals surface area contributed by atoms with Crippen LogP contribution in [0.3, 0.4) is 0 Å². The van der Waals surface area contributed by atoms with Crippen molar-refractivity contribution >= 4 is 24.2 Å². The van der Waals surface area contributed by atoms with Gasteiger partial charge in [-0.1, -0.05) is 36.7 Å². The minimum atomic E-state index is -1.81. The second kappa shape index (κ2) is 5.13. The lowest BCUT2D eigenvalue weighted by atomic mass is 9.99. The fourth-order valence-electron chi connectivity index (χ4n) is 1.76. The first-order valence-electron chi connectivity index (χ1n) is 6.23. The van der Waals surface area contributed by atoms with Crippen LogP contribution in [0.15, 0.2) is 10.6 Å². The Morgan fingerprint density at radius 2 is 2.17 bits per heavy atom. The summed E-state index contributed by atoms with van der Waals surface area (Å²) < 4.78 is 7.04. The maximum Gasteiger partial charge on any atom is 0.192 e. The summed E-state index contributed by atoms with van der Waals surface area (Å²) in [6.45, 7) is 11.1. The van der Waals surface area contributed by atoms with E-state index in [-0.39, 0.29) is 11.1 Å². The Labute approximate surface area is 120 Å². The van der Waals surface area contributed by atoms with Crippen molar-refractivity contribution in [2.75, 3.05) is 0 Å². The Kier molecular flexibility index (Phi) is 4.55. The fraction of sp³-hybridized carbons (Fsp3) is 0.714. The van der Waals surface area contributed by atoms with Gasteiger partial charge in [-0.3, -0.25) is 0 Å². The zero-order valence-corrected chi connectivity index (χ0v) is 14.5. The van der Waals surface area contributed by atoms with Gasteiger partial charge in [-0.05, 0) is 24.2 Å². The van der Waals surface area contributed by atoms with Gasteiger partial charge in [0.15, 0.2) is 8.32 Å². The van der Waals surface area contributed by atoms with Gasteiger partial charge in [0, 0.05) is 17.3 Å². The molecular weight excluding hydrogens is 308 g/mol. The van der Waals surface area contributed by atoms with Gasteiger partial charge in [-0.15, -0.1) is 12.3 Å². The van der Waals surface area contributed by atoms with E-state index in [9.17, 15) is 5.11 Å². The van der Waals surface area contributed by atoms with Gasteiger partial charge in [0.25, 0.3) is 0 Å². The maximum atomic E-state index is 10.4. The Morgan fingerprint density at radius 3 is 2.61 bits per heavy atom. The second-order valence-corrected chi connectivity index (χ2v) is 12.2. The molecule has 4 heteroatoms. The fourth-order valence-corrected chi connectivity index (χ4v) is 3.62. The van der Waals surface area contributed by atoms with Crippen LogP contribution in [-0.2, 0) is 4.43 Å². The molecule has 1 aliphatic rings. The molecule has 1 aliphatic carbocycles. The summed E-state index contributed by atoms with van der Waals surface area (Å²) in [5.74, 6) is 2.53. The summed E-state index contributed by atoms with van der Waals surface area (Å²) in [7, 11) is -1.81. The van der Waals surface area contributed by atoms with E-state index in [0.29, 0.717) is 12.8 Å². The van der Waals surface area contributed by atoms with Crippen molar-refractivity contribution in [2.45, 2.75) is 63.5 Å². The molecule has 0 bridgehead atoms. The summed E-state index contributed by atoms with van der Waals surface area (Å²) in [6.07, 6.45) is 8.09. The van der Waals surface area contributed by atoms with Crippen molar-refractivity contribution in [3.05, 3.63) is 10.6 Å². The second-order valence-electron chi connectivity index (χ2n) is 6.55. The first kappa shape index (κ1) is 16.0. The molecule has 0 spiro atoms. The molecule has 0 aromatic rings. The van der Waals surface area contributed by atoms with Crippen molar-refractivity contribution in [3.8, 4) is 12.3 Å². The summed E-state index contributed by atoms with van der Waals surface area (Å²) in [6, 6.07) is 0. The highest BCUT2D eigenvalue weighted by molar-refractivity contribution is 9.11. The summed E-state index contributed by atoms with van der Waals surface area (Å²) in [5, 5.41) is 10.6. The third-order valence-corrected chi connectivity index (χ3v) is 9.47. The van der Waals surface area contributed by atoms with E-state index in [0.717, 1.165) is 4.48 Å². The van der Waals surface area contributed by atoms with Crippen molar-refractivity contribution < 1.29 is 9.53 Å². The highest BCUT2D eigenvalue weighted by atomic mass is 79.9. The topological polar surface area (TPSA) is 29.5 Å². The molecule has 102 valence electrons. The molecule has 18 heavy (non-hydrogen) atoms. The highest BCUT2D eigenvalue weighted by Crippen LogP contribution is 2.43. The lowest BCUT2D eigenvalue weighted by Gasteiger charge is -2.38. The molecule has 0 saturated carbocycles. The normalized spacial score (nSPS) is 29.0. The molecule has 0 fully saturated rings. The van der Waals surface area contributed by atoms with Gasteiger partial charge >= 0.3 is 0 Å². The molecule has 1 rings (SSSR count). The number of halogens is 1. The molecule has 0 radical (unpaired) electrons. The molecule has 2 unspecified atom stereocenters. The van der Waals surface area contributed by atoms with Crippen LogP contribution in [0.4, 0.5) is 0 Å². The molecule has 0 aromatic heterocycles. The number of hydrogen-bond donors (Lipinski definition) is 1. The van der Waals surface area contributed by atoms with E-state index >= 15 is 0 Å². The quantitative estimate of drug-likeness (QED) is 0.629. The third kappa shape index (κ3) is 3.27.